The second-order valence-corrected chi connectivity index (χ2v) is 5.57. The molecule has 0 saturated carbocycles. The van der Waals surface area contributed by atoms with Crippen molar-refractivity contribution >= 4 is 21.8 Å². The molecule has 8 heteroatoms. The van der Waals surface area contributed by atoms with Crippen LogP contribution in [-0.4, -0.2) is 36.6 Å². The summed E-state index contributed by atoms with van der Waals surface area (Å²) in [7, 11) is 0. The monoisotopic (exact) mass is 369 g/mol. The Balaban J connectivity index is 2.41. The van der Waals surface area contributed by atoms with Crippen LogP contribution in [0.2, 0.25) is 0 Å². The van der Waals surface area contributed by atoms with Crippen molar-refractivity contribution in [2.75, 3.05) is 19.7 Å². The van der Waals surface area contributed by atoms with E-state index in [2.05, 4.69) is 15.9 Å². The Morgan fingerprint density at radius 3 is 2.67 bits per heavy atom. The highest BCUT2D eigenvalue weighted by Gasteiger charge is 2.37. The van der Waals surface area contributed by atoms with Crippen molar-refractivity contribution in [1.82, 2.24) is 4.90 Å². The zero-order valence-electron chi connectivity index (χ0n) is 11.0. The minimum absolute atomic E-state index is 0.00264. The van der Waals surface area contributed by atoms with Crippen LogP contribution in [0.3, 0.4) is 0 Å². The van der Waals surface area contributed by atoms with Crippen LogP contribution in [0.5, 0.6) is 0 Å². The third-order valence-corrected chi connectivity index (χ3v) is 3.80. The van der Waals surface area contributed by atoms with E-state index in [-0.39, 0.29) is 30.3 Å². The van der Waals surface area contributed by atoms with Crippen molar-refractivity contribution < 1.29 is 27.1 Å². The number of alkyl halides is 3. The van der Waals surface area contributed by atoms with Crippen molar-refractivity contribution in [3.05, 3.63) is 33.5 Å². The SMILES string of the molecule is C[C@H]1CN(C(=O)c2c(Br)ccc(C(F)(F)F)c2F)CCO1. The predicted octanol–water partition coefficient (Wildman–Crippen LogP) is 3.47. The summed E-state index contributed by atoms with van der Waals surface area (Å²) in [5, 5.41) is 0. The first-order valence-corrected chi connectivity index (χ1v) is 6.97. The molecule has 0 N–H and O–H groups in total. The van der Waals surface area contributed by atoms with Crippen LogP contribution >= 0.6 is 15.9 Å². The van der Waals surface area contributed by atoms with E-state index in [1.165, 1.54) is 4.90 Å². The number of carbonyl (C=O) groups excluding carboxylic acids is 1. The van der Waals surface area contributed by atoms with Gasteiger partial charge in [0.05, 0.1) is 23.8 Å². The van der Waals surface area contributed by atoms with Crippen LogP contribution in [-0.2, 0) is 10.9 Å². The Bertz CT molecular complexity index is 562. The molecule has 1 aromatic carbocycles. The van der Waals surface area contributed by atoms with Gasteiger partial charge >= 0.3 is 6.18 Å². The van der Waals surface area contributed by atoms with E-state index < -0.39 is 29.0 Å². The molecular weight excluding hydrogens is 358 g/mol. The van der Waals surface area contributed by atoms with Gasteiger partial charge in [-0.05, 0) is 35.0 Å². The van der Waals surface area contributed by atoms with Gasteiger partial charge in [-0.3, -0.25) is 4.79 Å². The van der Waals surface area contributed by atoms with Crippen LogP contribution in [0.1, 0.15) is 22.8 Å². The van der Waals surface area contributed by atoms with Crippen molar-refractivity contribution in [2.24, 2.45) is 0 Å². The quantitative estimate of drug-likeness (QED) is 0.709. The lowest BCUT2D eigenvalue weighted by Gasteiger charge is -2.31. The van der Waals surface area contributed by atoms with Gasteiger partial charge < -0.3 is 9.64 Å². The standard InChI is InChI=1S/C13H12BrF4NO2/c1-7-6-19(4-5-21-7)12(20)10-9(14)3-2-8(11(10)15)13(16,17)18/h2-3,7H,4-6H2,1H3/t7-/m0/s1. The largest absolute Gasteiger partial charge is 0.419 e. The molecule has 0 aromatic heterocycles. The summed E-state index contributed by atoms with van der Waals surface area (Å²) in [6, 6.07) is 1.64. The number of carbonyl (C=O) groups is 1. The molecule has 2 rings (SSSR count). The van der Waals surface area contributed by atoms with Gasteiger partial charge in [0, 0.05) is 17.6 Å². The van der Waals surface area contributed by atoms with Crippen LogP contribution in [0.4, 0.5) is 17.6 Å². The van der Waals surface area contributed by atoms with Crippen LogP contribution in [0, 0.1) is 5.82 Å². The van der Waals surface area contributed by atoms with Gasteiger partial charge in [-0.2, -0.15) is 13.2 Å². The van der Waals surface area contributed by atoms with E-state index in [1.807, 2.05) is 0 Å². The van der Waals surface area contributed by atoms with Gasteiger partial charge in [-0.15, -0.1) is 0 Å². The fraction of sp³-hybridized carbons (Fsp3) is 0.462. The predicted molar refractivity (Wildman–Crippen MR) is 70.4 cm³/mol. The average molecular weight is 370 g/mol. The van der Waals surface area contributed by atoms with E-state index >= 15 is 0 Å². The lowest BCUT2D eigenvalue weighted by Crippen LogP contribution is -2.45. The normalized spacial score (nSPS) is 19.7. The van der Waals surface area contributed by atoms with Crippen molar-refractivity contribution in [2.45, 2.75) is 19.2 Å². The zero-order chi connectivity index (χ0) is 15.8. The van der Waals surface area contributed by atoms with E-state index in [0.717, 1.165) is 6.07 Å². The summed E-state index contributed by atoms with van der Waals surface area (Å²) in [4.78, 5) is 13.6. The molecule has 1 aromatic rings. The third-order valence-electron chi connectivity index (χ3n) is 3.14. The molecule has 0 spiro atoms. The molecule has 0 radical (unpaired) electrons. The fourth-order valence-corrected chi connectivity index (χ4v) is 2.60. The number of ether oxygens (including phenoxy) is 1. The maximum absolute atomic E-state index is 14.1. The van der Waals surface area contributed by atoms with Gasteiger partial charge in [0.25, 0.3) is 5.91 Å². The van der Waals surface area contributed by atoms with Crippen molar-refractivity contribution in [3.63, 3.8) is 0 Å². The van der Waals surface area contributed by atoms with Gasteiger partial charge in [-0.1, -0.05) is 0 Å². The number of nitrogens with zero attached hydrogens (tertiary/aromatic N) is 1. The maximum Gasteiger partial charge on any atom is 0.419 e. The number of hydrogen-bond acceptors (Lipinski definition) is 2. The lowest BCUT2D eigenvalue weighted by atomic mass is 10.1. The summed E-state index contributed by atoms with van der Waals surface area (Å²) in [5.41, 5.74) is -2.05. The lowest BCUT2D eigenvalue weighted by molar-refractivity contribution is -0.140. The number of morpholine rings is 1. The molecule has 1 aliphatic heterocycles. The Morgan fingerprint density at radius 1 is 1.43 bits per heavy atom. The molecule has 1 heterocycles. The van der Waals surface area contributed by atoms with E-state index in [0.29, 0.717) is 6.07 Å². The minimum atomic E-state index is -4.85. The minimum Gasteiger partial charge on any atom is -0.375 e. The van der Waals surface area contributed by atoms with E-state index in [9.17, 15) is 22.4 Å². The summed E-state index contributed by atoms with van der Waals surface area (Å²) >= 11 is 2.94. The molecule has 3 nitrogen and oxygen atoms in total. The molecule has 1 saturated heterocycles. The number of amides is 1. The first kappa shape index (κ1) is 16.2. The molecular formula is C13H12BrF4NO2. The van der Waals surface area contributed by atoms with Crippen molar-refractivity contribution in [1.29, 1.82) is 0 Å². The Labute approximate surface area is 127 Å². The molecule has 1 atom stereocenters. The second-order valence-electron chi connectivity index (χ2n) is 4.71. The highest BCUT2D eigenvalue weighted by atomic mass is 79.9. The molecule has 0 bridgehead atoms. The Hall–Kier alpha value is -1.15. The Morgan fingerprint density at radius 2 is 2.10 bits per heavy atom. The van der Waals surface area contributed by atoms with Gasteiger partial charge in [0.15, 0.2) is 0 Å². The molecule has 1 amide bonds. The first-order valence-electron chi connectivity index (χ1n) is 6.18. The third kappa shape index (κ3) is 3.37. The molecule has 0 unspecified atom stereocenters. The number of hydrogen-bond donors (Lipinski definition) is 0. The number of rotatable bonds is 1. The van der Waals surface area contributed by atoms with Gasteiger partial charge in [-0.25, -0.2) is 4.39 Å². The topological polar surface area (TPSA) is 29.5 Å². The molecule has 116 valence electrons. The van der Waals surface area contributed by atoms with E-state index in [4.69, 9.17) is 4.74 Å². The van der Waals surface area contributed by atoms with Crippen molar-refractivity contribution in [3.8, 4) is 0 Å². The van der Waals surface area contributed by atoms with Gasteiger partial charge in [0.2, 0.25) is 0 Å². The highest BCUT2D eigenvalue weighted by Crippen LogP contribution is 2.35. The summed E-state index contributed by atoms with van der Waals surface area (Å²) in [6.45, 7) is 2.42. The first-order chi connectivity index (χ1) is 9.71. The number of benzene rings is 1. The molecule has 1 aliphatic rings. The van der Waals surface area contributed by atoms with Crippen LogP contribution in [0.15, 0.2) is 16.6 Å². The van der Waals surface area contributed by atoms with Gasteiger partial charge in [0.1, 0.15) is 5.82 Å². The number of halogens is 5. The Kier molecular flexibility index (Phi) is 4.57. The highest BCUT2D eigenvalue weighted by molar-refractivity contribution is 9.10. The zero-order valence-corrected chi connectivity index (χ0v) is 12.6. The summed E-state index contributed by atoms with van der Waals surface area (Å²) in [5.74, 6) is -2.33. The van der Waals surface area contributed by atoms with Crippen LogP contribution < -0.4 is 0 Å². The summed E-state index contributed by atoms with van der Waals surface area (Å²) < 4.78 is 57.5. The maximum atomic E-state index is 14.1. The second kappa shape index (κ2) is 5.92. The molecule has 0 aliphatic carbocycles. The van der Waals surface area contributed by atoms with Crippen LogP contribution in [0.25, 0.3) is 0 Å². The van der Waals surface area contributed by atoms with E-state index in [1.54, 1.807) is 6.92 Å². The molecule has 21 heavy (non-hydrogen) atoms. The smallest absolute Gasteiger partial charge is 0.375 e. The molecule has 1 fully saturated rings. The summed E-state index contributed by atoms with van der Waals surface area (Å²) in [6.07, 6.45) is -5.09. The fourth-order valence-electron chi connectivity index (χ4n) is 2.13. The average Bonchev–Trinajstić information content (AvgIpc) is 2.37.